The highest BCUT2D eigenvalue weighted by Crippen LogP contribution is 2.69. The molecule has 6 aliphatic heterocycles. The molecule has 420 valence electrons. The van der Waals surface area contributed by atoms with E-state index in [2.05, 4.69) is 60.9 Å². The summed E-state index contributed by atoms with van der Waals surface area (Å²) in [5, 5.41) is 21.9. The maximum Gasteiger partial charge on any atom is 0.346 e. The Hall–Kier alpha value is -7.26. The minimum atomic E-state index is -1.34. The lowest BCUT2D eigenvalue weighted by Gasteiger charge is -2.19. The summed E-state index contributed by atoms with van der Waals surface area (Å²) in [7, 11) is 0. The van der Waals surface area contributed by atoms with Crippen molar-refractivity contribution < 1.29 is 66.7 Å². The summed E-state index contributed by atoms with van der Waals surface area (Å²) in [6, 6.07) is 17.4. The molecule has 9 aromatic rings. The van der Waals surface area contributed by atoms with Crippen molar-refractivity contribution in [1.29, 1.82) is 5.26 Å². The smallest absolute Gasteiger partial charge is 0.346 e. The third kappa shape index (κ3) is 8.43. The molecule has 0 amide bonds. The Labute approximate surface area is 493 Å². The van der Waals surface area contributed by atoms with Crippen LogP contribution < -0.4 is 56.8 Å². The number of hydrogen-bond donors (Lipinski definition) is 1. The van der Waals surface area contributed by atoms with Crippen molar-refractivity contribution >= 4 is 102 Å². The Morgan fingerprint density at radius 2 is 0.878 bits per heavy atom. The second kappa shape index (κ2) is 21.2. The third-order valence-corrected chi connectivity index (χ3v) is 22.8. The largest absolute Gasteiger partial charge is 0.485 e. The van der Waals surface area contributed by atoms with Crippen molar-refractivity contribution in [3.63, 3.8) is 0 Å². The van der Waals surface area contributed by atoms with Gasteiger partial charge < -0.3 is 66.5 Å². The van der Waals surface area contributed by atoms with E-state index in [-0.39, 0.29) is 13.2 Å². The molecule has 0 aliphatic carbocycles. The molecule has 1 N–H and O–H groups in total. The van der Waals surface area contributed by atoms with Gasteiger partial charge in [0.05, 0.1) is 58.5 Å². The Morgan fingerprint density at radius 3 is 1.28 bits per heavy atom. The van der Waals surface area contributed by atoms with Crippen molar-refractivity contribution in [3.05, 3.63) is 52.9 Å². The molecule has 0 bridgehead atoms. The monoisotopic (exact) mass is 1210 g/mol. The molecule has 82 heavy (non-hydrogen) atoms. The quantitative estimate of drug-likeness (QED) is 0.0803. The zero-order valence-electron chi connectivity index (χ0n) is 44.3. The molecule has 13 heterocycles. The summed E-state index contributed by atoms with van der Waals surface area (Å²) in [6.07, 6.45) is 6.10. The molecule has 7 aromatic heterocycles. The highest BCUT2D eigenvalue weighted by molar-refractivity contribution is 7.32. The minimum absolute atomic E-state index is 0.264. The number of thiophene rings is 6. The maximum absolute atomic E-state index is 12.0. The standard InChI is InChI=1S/C60H50N2O14S6/c1-3-5-8-29(4-2)28-62-34-10-7-6-9-32(34)33-25-30(11-12-35(33)62)49-39-40(68-16-15-67-39)52(78-49)53-43-44(72-20-19-71-43)56(80-53)57-47-48(76-24-23-75-47)59(82-57)58-46-45(73-21-22-74-46)55(81-58)54-42-41(69-17-18-70-42)51(79-54)50-38-37(65-13-14-66-38)36(77-50)26-31(27-61)60(63)64/h6-7,9-12,25-26,29H,3-5,8,13-24,28H2,1-2H3,(H,63,64)/b31-26+. The zero-order valence-corrected chi connectivity index (χ0v) is 49.2. The average molecular weight is 1220 g/mol. The average Bonchev–Trinajstić information content (AvgIpc) is 2.58. The molecular weight excluding hydrogens is 1170 g/mol. The second-order valence-corrected chi connectivity index (χ2v) is 26.1. The summed E-state index contributed by atoms with van der Waals surface area (Å²) >= 11 is 8.96. The number of unbranched alkanes of at least 4 members (excludes halogenated alkanes) is 1. The summed E-state index contributed by atoms with van der Waals surface area (Å²) < 4.78 is 80.3. The van der Waals surface area contributed by atoms with E-state index in [0.717, 1.165) is 68.2 Å². The fourth-order valence-corrected chi connectivity index (χ4v) is 19.0. The van der Waals surface area contributed by atoms with Crippen molar-refractivity contribution in [2.45, 2.75) is 46.1 Å². The van der Waals surface area contributed by atoms with Gasteiger partial charge in [0.25, 0.3) is 0 Å². The Bertz CT molecular complexity index is 4120. The number of carbonyl (C=O) groups is 1. The lowest BCUT2D eigenvalue weighted by Crippen LogP contribution is -2.16. The van der Waals surface area contributed by atoms with Gasteiger partial charge in [-0.25, -0.2) is 4.79 Å². The van der Waals surface area contributed by atoms with Crippen molar-refractivity contribution in [3.8, 4) is 134 Å². The summed E-state index contributed by atoms with van der Waals surface area (Å²) in [6.45, 7) is 9.68. The first-order chi connectivity index (χ1) is 40.4. The number of nitriles is 1. The maximum atomic E-state index is 12.0. The summed E-state index contributed by atoms with van der Waals surface area (Å²) in [5.74, 6) is 6.20. The number of nitrogens with zero attached hydrogens (tertiary/aromatic N) is 2. The van der Waals surface area contributed by atoms with Gasteiger partial charge in [0.15, 0.2) is 69.0 Å². The number of para-hydroxylation sites is 1. The summed E-state index contributed by atoms with van der Waals surface area (Å²) in [4.78, 5) is 21.4. The van der Waals surface area contributed by atoms with E-state index >= 15 is 0 Å². The molecule has 1 atom stereocenters. The van der Waals surface area contributed by atoms with Gasteiger partial charge in [0.2, 0.25) is 0 Å². The molecule has 16 nitrogen and oxygen atoms in total. The van der Waals surface area contributed by atoms with E-state index in [0.29, 0.717) is 150 Å². The van der Waals surface area contributed by atoms with Gasteiger partial charge in [-0.3, -0.25) is 0 Å². The molecule has 0 saturated carbocycles. The molecule has 0 fully saturated rings. The molecule has 1 unspecified atom stereocenters. The highest BCUT2D eigenvalue weighted by Gasteiger charge is 2.41. The van der Waals surface area contributed by atoms with Crippen LogP contribution >= 0.6 is 68.0 Å². The number of fused-ring (bicyclic) bond motifs is 9. The molecule has 22 heteroatoms. The normalized spacial score (nSPS) is 16.1. The number of carboxylic acid groups (broad SMARTS) is 1. The number of aromatic nitrogens is 1. The van der Waals surface area contributed by atoms with Gasteiger partial charge in [-0.2, -0.15) is 5.26 Å². The molecular formula is C60H50N2O14S6. The van der Waals surface area contributed by atoms with Crippen LogP contribution in [0.15, 0.2) is 48.0 Å². The van der Waals surface area contributed by atoms with Gasteiger partial charge >= 0.3 is 5.97 Å². The lowest BCUT2D eigenvalue weighted by atomic mass is 9.99. The number of hydrogen-bond acceptors (Lipinski definition) is 20. The van der Waals surface area contributed by atoms with E-state index in [4.69, 9.17) is 56.8 Å². The van der Waals surface area contributed by atoms with Gasteiger partial charge in [-0.15, -0.1) is 68.0 Å². The van der Waals surface area contributed by atoms with Crippen LogP contribution in [0.3, 0.4) is 0 Å². The van der Waals surface area contributed by atoms with Crippen LogP contribution in [0.1, 0.15) is 44.4 Å². The molecule has 0 saturated heterocycles. The molecule has 0 spiro atoms. The van der Waals surface area contributed by atoms with E-state index in [1.165, 1.54) is 92.5 Å². The van der Waals surface area contributed by atoms with Gasteiger partial charge in [0.1, 0.15) is 90.9 Å². The Balaban J connectivity index is 0.838. The van der Waals surface area contributed by atoms with Gasteiger partial charge in [-0.1, -0.05) is 57.4 Å². The van der Waals surface area contributed by atoms with Crippen LogP contribution in [0.5, 0.6) is 69.0 Å². The first kappa shape index (κ1) is 51.6. The van der Waals surface area contributed by atoms with Crippen molar-refractivity contribution in [2.75, 3.05) is 79.3 Å². The van der Waals surface area contributed by atoms with Gasteiger partial charge in [0, 0.05) is 28.4 Å². The predicted octanol–water partition coefficient (Wildman–Crippen LogP) is 15.0. The number of benzene rings is 2. The first-order valence-corrected chi connectivity index (χ1v) is 32.2. The van der Waals surface area contributed by atoms with E-state index in [9.17, 15) is 15.2 Å². The molecule has 6 aliphatic rings. The van der Waals surface area contributed by atoms with Crippen LogP contribution in [-0.2, 0) is 11.3 Å². The topological polar surface area (TPSA) is 177 Å². The third-order valence-electron chi connectivity index (χ3n) is 15.1. The minimum Gasteiger partial charge on any atom is -0.485 e. The zero-order chi connectivity index (χ0) is 55.2. The van der Waals surface area contributed by atoms with Crippen LogP contribution in [-0.4, -0.2) is 94.9 Å². The number of aliphatic carboxylic acids is 1. The highest BCUT2D eigenvalue weighted by atomic mass is 32.1. The Morgan fingerprint density at radius 1 is 0.512 bits per heavy atom. The van der Waals surface area contributed by atoms with E-state index < -0.39 is 11.5 Å². The fraction of sp³-hybridized carbons (Fsp3) is 0.333. The first-order valence-electron chi connectivity index (χ1n) is 27.3. The lowest BCUT2D eigenvalue weighted by molar-refractivity contribution is -0.132. The molecule has 2 aromatic carbocycles. The van der Waals surface area contributed by atoms with Crippen LogP contribution in [0.25, 0.3) is 87.1 Å². The SMILES string of the molecule is CCCCC(CC)Cn1c2ccccc2c2cc(-c3sc(-c4sc(-c5sc(-c6sc(-c7sc(-c8sc(/C=C(\C#N)C(=O)O)c9c8OCCO9)c8c7OCCO8)c7c6OCCO7)c6c5OCCO6)c5c4OCCO5)c4c3OCCO4)ccc21. The van der Waals surface area contributed by atoms with Crippen molar-refractivity contribution in [1.82, 2.24) is 4.57 Å². The van der Waals surface area contributed by atoms with E-state index in [1.807, 2.05) is 0 Å². The molecule has 15 rings (SSSR count). The molecule has 0 radical (unpaired) electrons. The number of ether oxygens (including phenoxy) is 12. The predicted molar refractivity (Wildman–Crippen MR) is 320 cm³/mol. The van der Waals surface area contributed by atoms with E-state index in [1.54, 1.807) is 28.7 Å². The van der Waals surface area contributed by atoms with Crippen LogP contribution in [0, 0.1) is 17.2 Å². The van der Waals surface area contributed by atoms with Gasteiger partial charge in [-0.05, 0) is 42.2 Å². The van der Waals surface area contributed by atoms with Crippen LogP contribution in [0.4, 0.5) is 0 Å². The van der Waals surface area contributed by atoms with Crippen molar-refractivity contribution in [2.24, 2.45) is 5.92 Å². The van der Waals surface area contributed by atoms with Crippen LogP contribution in [0.2, 0.25) is 0 Å². The fourth-order valence-electron chi connectivity index (χ4n) is 11.3. The Kier molecular flexibility index (Phi) is 13.3. The number of rotatable bonds is 14. The second-order valence-electron chi connectivity index (χ2n) is 20.0. The number of carboxylic acids is 1. The summed E-state index contributed by atoms with van der Waals surface area (Å²) in [5.41, 5.74) is 3.12.